The van der Waals surface area contributed by atoms with Gasteiger partial charge in [0.05, 0.1) is 0 Å². The first-order valence-corrected chi connectivity index (χ1v) is 11.9. The van der Waals surface area contributed by atoms with E-state index >= 15 is 0 Å². The molecule has 0 aliphatic carbocycles. The fourth-order valence-electron chi connectivity index (χ4n) is 3.16. The van der Waals surface area contributed by atoms with E-state index in [-0.39, 0.29) is 5.56 Å². The van der Waals surface area contributed by atoms with Crippen LogP contribution in [0.4, 0.5) is 5.95 Å². The lowest BCUT2D eigenvalue weighted by Gasteiger charge is -2.20. The van der Waals surface area contributed by atoms with Crippen molar-refractivity contribution in [1.29, 1.82) is 0 Å². The first kappa shape index (κ1) is 23.4. The molecule has 3 aromatic rings. The summed E-state index contributed by atoms with van der Waals surface area (Å²) >= 11 is 8.04. The second kappa shape index (κ2) is 11.4. The molecule has 0 fully saturated rings. The van der Waals surface area contributed by atoms with Crippen LogP contribution in [-0.2, 0) is 12.2 Å². The Balaban J connectivity index is 1.46. The molecule has 5 nitrogen and oxygen atoms in total. The minimum Gasteiger partial charge on any atom is -0.355 e. The molecule has 0 aliphatic heterocycles. The molecule has 0 spiro atoms. The van der Waals surface area contributed by atoms with Crippen LogP contribution >= 0.6 is 23.4 Å². The number of hydrogen-bond donors (Lipinski definition) is 2. The summed E-state index contributed by atoms with van der Waals surface area (Å²) in [4.78, 5) is 21.8. The van der Waals surface area contributed by atoms with Gasteiger partial charge >= 0.3 is 0 Å². The van der Waals surface area contributed by atoms with Crippen molar-refractivity contribution in [3.63, 3.8) is 0 Å². The van der Waals surface area contributed by atoms with Gasteiger partial charge in [-0.1, -0.05) is 54.1 Å². The van der Waals surface area contributed by atoms with E-state index in [0.29, 0.717) is 29.0 Å². The van der Waals surface area contributed by atoms with E-state index < -0.39 is 0 Å². The van der Waals surface area contributed by atoms with Crippen molar-refractivity contribution in [2.45, 2.75) is 25.1 Å². The lowest BCUT2D eigenvalue weighted by molar-refractivity contribution is 0.321. The summed E-state index contributed by atoms with van der Waals surface area (Å²) in [5.74, 6) is 2.37. The summed E-state index contributed by atoms with van der Waals surface area (Å²) in [5.41, 5.74) is 4.03. The molecule has 1 aromatic heterocycles. The van der Waals surface area contributed by atoms with Crippen molar-refractivity contribution in [3.8, 4) is 0 Å². The minimum absolute atomic E-state index is 0.142. The number of H-pyrrole nitrogens is 1. The predicted octanol–water partition coefficient (Wildman–Crippen LogP) is 4.98. The number of thioether (sulfide) groups is 1. The molecule has 1 heterocycles. The van der Waals surface area contributed by atoms with E-state index in [9.17, 15) is 4.79 Å². The molecule has 0 bridgehead atoms. The average molecular weight is 457 g/mol. The van der Waals surface area contributed by atoms with Crippen molar-refractivity contribution in [3.05, 3.63) is 92.4 Å². The smallest absolute Gasteiger partial charge is 0.255 e. The SMILES string of the molecule is CC(c1cccc(CSCCNc2ncc(Cc3ccccc3Cl)c(=O)[nH]2)c1)N(C)C. The van der Waals surface area contributed by atoms with Crippen molar-refractivity contribution in [1.82, 2.24) is 14.9 Å². The molecule has 0 radical (unpaired) electrons. The third-order valence-electron chi connectivity index (χ3n) is 5.23. The van der Waals surface area contributed by atoms with Gasteiger partial charge in [-0.25, -0.2) is 4.98 Å². The predicted molar refractivity (Wildman–Crippen MR) is 132 cm³/mol. The first-order valence-electron chi connectivity index (χ1n) is 10.3. The van der Waals surface area contributed by atoms with E-state index in [1.807, 2.05) is 36.0 Å². The molecular formula is C24H29ClN4OS. The Kier molecular flexibility index (Phi) is 8.58. The summed E-state index contributed by atoms with van der Waals surface area (Å²) in [6.07, 6.45) is 2.08. The van der Waals surface area contributed by atoms with E-state index in [1.165, 1.54) is 11.1 Å². The van der Waals surface area contributed by atoms with Gasteiger partial charge in [-0.2, -0.15) is 11.8 Å². The highest BCUT2D eigenvalue weighted by atomic mass is 35.5. The molecule has 1 atom stereocenters. The summed E-state index contributed by atoms with van der Waals surface area (Å²) < 4.78 is 0. The van der Waals surface area contributed by atoms with E-state index in [2.05, 4.69) is 65.5 Å². The van der Waals surface area contributed by atoms with Gasteiger partial charge < -0.3 is 10.2 Å². The van der Waals surface area contributed by atoms with Gasteiger partial charge in [0.2, 0.25) is 5.95 Å². The number of hydrogen-bond acceptors (Lipinski definition) is 5. The van der Waals surface area contributed by atoms with E-state index in [1.54, 1.807) is 6.20 Å². The van der Waals surface area contributed by atoms with Gasteiger partial charge in [0.25, 0.3) is 5.56 Å². The molecule has 3 rings (SSSR count). The molecule has 0 amide bonds. The summed E-state index contributed by atoms with van der Waals surface area (Å²) in [6, 6.07) is 16.7. The molecule has 2 N–H and O–H groups in total. The Morgan fingerprint density at radius 2 is 1.97 bits per heavy atom. The summed E-state index contributed by atoms with van der Waals surface area (Å²) in [5, 5.41) is 3.85. The number of halogens is 1. The second-order valence-electron chi connectivity index (χ2n) is 7.72. The van der Waals surface area contributed by atoms with Gasteiger partial charge in [0.1, 0.15) is 0 Å². The second-order valence-corrected chi connectivity index (χ2v) is 9.23. The standard InChI is InChI=1S/C24H29ClN4OS/c1-17(29(2)3)19-9-6-7-18(13-19)16-31-12-11-26-24-27-15-21(23(30)28-24)14-20-8-4-5-10-22(20)25/h4-10,13,15,17H,11-12,14,16H2,1-3H3,(H2,26,27,28,30). The zero-order chi connectivity index (χ0) is 22.2. The molecule has 0 saturated carbocycles. The monoisotopic (exact) mass is 456 g/mol. The number of rotatable bonds is 10. The van der Waals surface area contributed by atoms with Gasteiger partial charge in [-0.3, -0.25) is 9.78 Å². The average Bonchev–Trinajstić information content (AvgIpc) is 2.76. The number of nitrogens with zero attached hydrogens (tertiary/aromatic N) is 2. The van der Waals surface area contributed by atoms with Gasteiger partial charge in [-0.15, -0.1) is 0 Å². The van der Waals surface area contributed by atoms with Crippen LogP contribution in [0.5, 0.6) is 0 Å². The maximum absolute atomic E-state index is 12.4. The molecular weight excluding hydrogens is 428 g/mol. The molecule has 2 aromatic carbocycles. The van der Waals surface area contributed by atoms with Crippen molar-refractivity contribution < 1.29 is 0 Å². The molecule has 7 heteroatoms. The maximum Gasteiger partial charge on any atom is 0.255 e. The fourth-order valence-corrected chi connectivity index (χ4v) is 4.16. The van der Waals surface area contributed by atoms with Gasteiger partial charge in [0.15, 0.2) is 0 Å². The highest BCUT2D eigenvalue weighted by molar-refractivity contribution is 7.98. The third kappa shape index (κ3) is 6.86. The van der Waals surface area contributed by atoms with Crippen LogP contribution < -0.4 is 10.9 Å². The molecule has 164 valence electrons. The van der Waals surface area contributed by atoms with Crippen LogP contribution in [0.3, 0.4) is 0 Å². The van der Waals surface area contributed by atoms with Gasteiger partial charge in [0, 0.05) is 47.3 Å². The topological polar surface area (TPSA) is 61.0 Å². The Bertz CT molecular complexity index is 1050. The third-order valence-corrected chi connectivity index (χ3v) is 6.63. The van der Waals surface area contributed by atoms with Crippen molar-refractivity contribution >= 4 is 29.3 Å². The Morgan fingerprint density at radius 1 is 1.16 bits per heavy atom. The van der Waals surface area contributed by atoms with E-state index in [4.69, 9.17) is 11.6 Å². The van der Waals surface area contributed by atoms with Crippen molar-refractivity contribution in [2.24, 2.45) is 0 Å². The van der Waals surface area contributed by atoms with Crippen LogP contribution in [0.1, 0.15) is 35.2 Å². The molecule has 31 heavy (non-hydrogen) atoms. The quantitative estimate of drug-likeness (QED) is 0.421. The van der Waals surface area contributed by atoms with Crippen LogP contribution in [0.25, 0.3) is 0 Å². The first-order chi connectivity index (χ1) is 14.9. The number of nitrogens with one attached hydrogen (secondary N) is 2. The number of anilines is 1. The molecule has 0 aliphatic rings. The number of aromatic amines is 1. The molecule has 1 unspecified atom stereocenters. The minimum atomic E-state index is -0.142. The zero-order valence-corrected chi connectivity index (χ0v) is 19.8. The highest BCUT2D eigenvalue weighted by Crippen LogP contribution is 2.21. The Morgan fingerprint density at radius 3 is 2.71 bits per heavy atom. The summed E-state index contributed by atoms with van der Waals surface area (Å²) in [7, 11) is 4.19. The highest BCUT2D eigenvalue weighted by Gasteiger charge is 2.08. The Labute approximate surface area is 193 Å². The van der Waals surface area contributed by atoms with Gasteiger partial charge in [-0.05, 0) is 43.8 Å². The van der Waals surface area contributed by atoms with Crippen LogP contribution in [0, 0.1) is 0 Å². The summed E-state index contributed by atoms with van der Waals surface area (Å²) in [6.45, 7) is 2.94. The lowest BCUT2D eigenvalue weighted by Crippen LogP contribution is -2.18. The maximum atomic E-state index is 12.4. The number of benzene rings is 2. The van der Waals surface area contributed by atoms with Crippen LogP contribution in [0.2, 0.25) is 5.02 Å². The largest absolute Gasteiger partial charge is 0.355 e. The van der Waals surface area contributed by atoms with Crippen LogP contribution in [-0.4, -0.2) is 41.3 Å². The fraction of sp³-hybridized carbons (Fsp3) is 0.333. The van der Waals surface area contributed by atoms with Crippen molar-refractivity contribution in [2.75, 3.05) is 31.7 Å². The van der Waals surface area contributed by atoms with E-state index in [0.717, 1.165) is 23.6 Å². The lowest BCUT2D eigenvalue weighted by atomic mass is 10.1. The normalized spacial score (nSPS) is 12.2. The molecule has 0 saturated heterocycles. The zero-order valence-electron chi connectivity index (χ0n) is 18.2. The Hall–Kier alpha value is -2.28. The number of aromatic nitrogens is 2. The van der Waals surface area contributed by atoms with Crippen LogP contribution in [0.15, 0.2) is 59.5 Å².